The van der Waals surface area contributed by atoms with Crippen molar-refractivity contribution in [1.82, 2.24) is 0 Å². The number of nitrogens with zero attached hydrogens (tertiary/aromatic N) is 3. The molecule has 2 aromatic rings. The van der Waals surface area contributed by atoms with Gasteiger partial charge in [0.15, 0.2) is 5.96 Å². The Balaban J connectivity index is 0.000000765. The third-order valence-electron chi connectivity index (χ3n) is 2.42. The minimum Gasteiger partial charge on any atom is -0.370 e. The van der Waals surface area contributed by atoms with Gasteiger partial charge in [0.2, 0.25) is 11.5 Å². The fraction of sp³-hybridized carbons (Fsp3) is 0. The van der Waals surface area contributed by atoms with Gasteiger partial charge in [-0.15, -0.1) is 9.68 Å². The Labute approximate surface area is 145 Å². The summed E-state index contributed by atoms with van der Waals surface area (Å²) in [6.07, 6.45) is 0. The van der Waals surface area contributed by atoms with Crippen molar-refractivity contribution in [3.8, 4) is 11.5 Å². The molecule has 0 heterocycles. The number of nitrogens with two attached hydrogens (primary N) is 2. The summed E-state index contributed by atoms with van der Waals surface area (Å²) in [5.74, 6) is -0.565. The number of benzene rings is 2. The second kappa shape index (κ2) is 9.11. The zero-order valence-electron chi connectivity index (χ0n) is 13.0. The summed E-state index contributed by atoms with van der Waals surface area (Å²) in [4.78, 5) is 40.7. The molecule has 0 radical (unpaired) electrons. The van der Waals surface area contributed by atoms with Crippen LogP contribution in [0.2, 0.25) is 0 Å². The molecule has 0 aliphatic heterocycles. The van der Waals surface area contributed by atoms with Crippen LogP contribution in [0.25, 0.3) is 0 Å². The summed E-state index contributed by atoms with van der Waals surface area (Å²) < 4.78 is 0. The highest BCUT2D eigenvalue weighted by atomic mass is 17.0. The van der Waals surface area contributed by atoms with E-state index in [1.807, 2.05) is 0 Å². The minimum atomic E-state index is -0.649. The van der Waals surface area contributed by atoms with E-state index in [1.54, 1.807) is 0 Å². The standard InChI is InChI=1S/C12H8N3O7.CH5N3/c16-13(17)9-3-1-5-11(7-9)21-15(20)22-12-6-2-4-10(8-12)14(18)19;2-1(3)4/h1-8H;(H5,2,3,4)/q+1;. The molecule has 2 aromatic carbocycles. The fourth-order valence-corrected chi connectivity index (χ4v) is 1.50. The van der Waals surface area contributed by atoms with Crippen LogP contribution in [0.5, 0.6) is 11.5 Å². The Morgan fingerprint density at radius 3 is 1.50 bits per heavy atom. The Morgan fingerprint density at radius 1 is 0.846 bits per heavy atom. The van der Waals surface area contributed by atoms with E-state index in [-0.39, 0.29) is 33.9 Å². The molecule has 0 aromatic heterocycles. The van der Waals surface area contributed by atoms with Gasteiger partial charge < -0.3 is 11.5 Å². The van der Waals surface area contributed by atoms with Gasteiger partial charge in [-0.05, 0) is 12.1 Å². The molecule has 26 heavy (non-hydrogen) atoms. The highest BCUT2D eigenvalue weighted by molar-refractivity contribution is 5.71. The molecule has 0 saturated carbocycles. The maximum Gasteiger partial charge on any atom is 0.489 e. The number of hydrogen-bond donors (Lipinski definition) is 3. The summed E-state index contributed by atoms with van der Waals surface area (Å²) in [7, 11) is 0. The highest BCUT2D eigenvalue weighted by Crippen LogP contribution is 2.21. The number of nitro groups is 2. The van der Waals surface area contributed by atoms with E-state index >= 15 is 0 Å². The SMILES string of the molecule is N=C(N)N.O=[N+](Oc1cccc([N+](=O)[O-])c1)Oc1cccc([N+](=O)[O-])c1. The first kappa shape index (κ1) is 19.8. The quantitative estimate of drug-likeness (QED) is 0.293. The van der Waals surface area contributed by atoms with Crippen molar-refractivity contribution in [2.45, 2.75) is 0 Å². The van der Waals surface area contributed by atoms with Crippen LogP contribution in [-0.4, -0.2) is 20.9 Å². The Bertz CT molecular complexity index is 776. The lowest BCUT2D eigenvalue weighted by Gasteiger charge is -1.96. The predicted molar refractivity (Wildman–Crippen MR) is 87.2 cm³/mol. The average molecular weight is 365 g/mol. The number of nitrogens with one attached hydrogen (secondary N) is 1. The van der Waals surface area contributed by atoms with Gasteiger partial charge in [0.1, 0.15) is 4.91 Å². The smallest absolute Gasteiger partial charge is 0.370 e. The van der Waals surface area contributed by atoms with Crippen LogP contribution in [-0.2, 0) is 0 Å². The van der Waals surface area contributed by atoms with Crippen LogP contribution in [0, 0.1) is 30.5 Å². The normalized spacial score (nSPS) is 9.23. The first-order valence-electron chi connectivity index (χ1n) is 6.60. The van der Waals surface area contributed by atoms with E-state index in [4.69, 9.17) is 15.1 Å². The first-order valence-corrected chi connectivity index (χ1v) is 6.60. The van der Waals surface area contributed by atoms with Gasteiger partial charge in [-0.25, -0.2) is 0 Å². The first-order chi connectivity index (χ1) is 12.2. The minimum absolute atomic E-state index is 0.116. The van der Waals surface area contributed by atoms with Gasteiger partial charge >= 0.3 is 5.09 Å². The summed E-state index contributed by atoms with van der Waals surface area (Å²) in [5.41, 5.74) is 8.42. The van der Waals surface area contributed by atoms with Crippen LogP contribution in [0.1, 0.15) is 0 Å². The topological polar surface area (TPSA) is 201 Å². The number of hydrogen-bond acceptors (Lipinski definition) is 8. The van der Waals surface area contributed by atoms with Gasteiger partial charge in [-0.2, -0.15) is 0 Å². The summed E-state index contributed by atoms with van der Waals surface area (Å²) in [5, 5.41) is 26.9. The lowest BCUT2D eigenvalue weighted by Crippen LogP contribution is -2.20. The van der Waals surface area contributed by atoms with Crippen molar-refractivity contribution in [2.75, 3.05) is 0 Å². The molecule has 0 spiro atoms. The predicted octanol–water partition coefficient (Wildman–Crippen LogP) is 1.41. The zero-order valence-corrected chi connectivity index (χ0v) is 13.0. The largest absolute Gasteiger partial charge is 0.489 e. The van der Waals surface area contributed by atoms with Crippen molar-refractivity contribution >= 4 is 17.3 Å². The molecule has 0 fully saturated rings. The molecule has 0 aliphatic rings. The van der Waals surface area contributed by atoms with Crippen LogP contribution in [0.3, 0.4) is 0 Å². The zero-order chi connectivity index (χ0) is 19.7. The Hall–Kier alpha value is -4.29. The summed E-state index contributed by atoms with van der Waals surface area (Å²) >= 11 is 0. The molecule has 0 bridgehead atoms. The lowest BCUT2D eigenvalue weighted by atomic mass is 10.3. The molecule has 0 amide bonds. The average Bonchev–Trinajstić information content (AvgIpc) is 2.54. The van der Waals surface area contributed by atoms with Gasteiger partial charge in [-0.3, -0.25) is 25.6 Å². The van der Waals surface area contributed by atoms with E-state index in [0.29, 0.717) is 0 Å². The second-order valence-corrected chi connectivity index (χ2v) is 4.37. The highest BCUT2D eigenvalue weighted by Gasteiger charge is 2.20. The molecule has 136 valence electrons. The molecule has 0 aliphatic carbocycles. The molecule has 0 atom stereocenters. The molecule has 2 rings (SSSR count). The molecular weight excluding hydrogens is 352 g/mol. The van der Waals surface area contributed by atoms with Crippen LogP contribution >= 0.6 is 0 Å². The van der Waals surface area contributed by atoms with E-state index in [2.05, 4.69) is 11.5 Å². The molecular formula is C13H13N6O7+. The fourth-order valence-electron chi connectivity index (χ4n) is 1.50. The maximum atomic E-state index is 11.5. The van der Waals surface area contributed by atoms with Gasteiger partial charge in [0, 0.05) is 12.1 Å². The van der Waals surface area contributed by atoms with Gasteiger partial charge in [0.05, 0.1) is 22.0 Å². The Morgan fingerprint density at radius 2 is 1.19 bits per heavy atom. The number of rotatable bonds is 6. The van der Waals surface area contributed by atoms with Crippen molar-refractivity contribution in [3.05, 3.63) is 73.7 Å². The van der Waals surface area contributed by atoms with Crippen molar-refractivity contribution in [2.24, 2.45) is 11.5 Å². The Kier molecular flexibility index (Phi) is 6.93. The van der Waals surface area contributed by atoms with Crippen LogP contribution < -0.4 is 21.1 Å². The van der Waals surface area contributed by atoms with Crippen LogP contribution in [0.15, 0.2) is 48.5 Å². The molecule has 0 saturated heterocycles. The van der Waals surface area contributed by atoms with Crippen molar-refractivity contribution in [1.29, 1.82) is 5.41 Å². The maximum absolute atomic E-state index is 11.5. The lowest BCUT2D eigenvalue weighted by molar-refractivity contribution is -0.920. The summed E-state index contributed by atoms with van der Waals surface area (Å²) in [6, 6.07) is 9.79. The third kappa shape index (κ3) is 6.86. The van der Waals surface area contributed by atoms with E-state index in [1.165, 1.54) is 36.4 Å². The van der Waals surface area contributed by atoms with E-state index < -0.39 is 9.85 Å². The van der Waals surface area contributed by atoms with Gasteiger partial charge in [0.25, 0.3) is 11.4 Å². The van der Waals surface area contributed by atoms with Gasteiger partial charge in [-0.1, -0.05) is 12.1 Å². The number of nitro benzene ring substituents is 2. The molecule has 0 unspecified atom stereocenters. The third-order valence-corrected chi connectivity index (χ3v) is 2.42. The molecule has 5 N–H and O–H groups in total. The van der Waals surface area contributed by atoms with Crippen molar-refractivity contribution < 1.29 is 24.6 Å². The number of guanidine groups is 1. The second-order valence-electron chi connectivity index (χ2n) is 4.37. The molecule has 13 nitrogen and oxygen atoms in total. The summed E-state index contributed by atoms with van der Waals surface area (Å²) in [6.45, 7) is 0. The van der Waals surface area contributed by atoms with E-state index in [9.17, 15) is 25.1 Å². The molecule has 13 heteroatoms. The number of non-ortho nitro benzene ring substituents is 2. The van der Waals surface area contributed by atoms with Crippen LogP contribution in [0.4, 0.5) is 11.4 Å². The van der Waals surface area contributed by atoms with E-state index in [0.717, 1.165) is 12.1 Å². The van der Waals surface area contributed by atoms with Crippen molar-refractivity contribution in [3.63, 3.8) is 0 Å². The monoisotopic (exact) mass is 365 g/mol.